The van der Waals surface area contributed by atoms with E-state index in [9.17, 15) is 10.2 Å². The van der Waals surface area contributed by atoms with Gasteiger partial charge in [-0.05, 0) is 57.5 Å². The van der Waals surface area contributed by atoms with Crippen molar-refractivity contribution in [2.45, 2.75) is 39.4 Å². The van der Waals surface area contributed by atoms with Gasteiger partial charge in [-0.15, -0.1) is 0 Å². The molecule has 0 aliphatic rings. The first-order chi connectivity index (χ1) is 16.7. The highest BCUT2D eigenvalue weighted by molar-refractivity contribution is 5.86. The molecule has 182 valence electrons. The quantitative estimate of drug-likeness (QED) is 0.374. The number of aromatic nitrogens is 1. The molecule has 0 atom stereocenters. The molecule has 0 saturated heterocycles. The maximum Gasteiger partial charge on any atom is 0.212 e. The minimum Gasteiger partial charge on any atom is -0.493 e. The van der Waals surface area contributed by atoms with Gasteiger partial charge in [-0.3, -0.25) is 0 Å². The average Bonchev–Trinajstić information content (AvgIpc) is 2.86. The van der Waals surface area contributed by atoms with Crippen molar-refractivity contribution >= 4 is 10.9 Å². The van der Waals surface area contributed by atoms with Crippen LogP contribution in [0.4, 0.5) is 0 Å². The van der Waals surface area contributed by atoms with E-state index in [4.69, 9.17) is 9.47 Å². The molecule has 35 heavy (non-hydrogen) atoms. The van der Waals surface area contributed by atoms with Crippen molar-refractivity contribution in [2.24, 2.45) is 7.05 Å². The standard InChI is InChI=1S/C30H34NO4/c1-30(2,3)25-9-7-19(8-10-25)26-13-20(15-28(34-5)29(26)35-6)22-11-21-12-23(17-32)24(18-33)14-27(21)31(4)16-22/h7-16,32-33H,17-18H2,1-6H3/q+1. The van der Waals surface area contributed by atoms with E-state index >= 15 is 0 Å². The molecular weight excluding hydrogens is 438 g/mol. The van der Waals surface area contributed by atoms with Crippen molar-refractivity contribution < 1.29 is 24.3 Å². The molecule has 5 nitrogen and oxygen atoms in total. The van der Waals surface area contributed by atoms with E-state index < -0.39 is 0 Å². The van der Waals surface area contributed by atoms with E-state index in [-0.39, 0.29) is 18.6 Å². The molecule has 0 saturated carbocycles. The lowest BCUT2D eigenvalue weighted by atomic mass is 9.86. The van der Waals surface area contributed by atoms with Crippen molar-refractivity contribution in [2.75, 3.05) is 14.2 Å². The van der Waals surface area contributed by atoms with Crippen LogP contribution < -0.4 is 14.0 Å². The summed E-state index contributed by atoms with van der Waals surface area (Å²) in [5.41, 5.74) is 7.79. The second-order valence-electron chi connectivity index (χ2n) is 9.92. The van der Waals surface area contributed by atoms with Gasteiger partial charge in [0.1, 0.15) is 7.05 Å². The SMILES string of the molecule is COc1cc(-c2cc3cc(CO)c(CO)cc3[n+](C)c2)cc(-c2ccc(C(C)(C)C)cc2)c1OC. The molecule has 0 radical (unpaired) electrons. The summed E-state index contributed by atoms with van der Waals surface area (Å²) in [5, 5.41) is 20.5. The zero-order valence-electron chi connectivity index (χ0n) is 21.3. The Labute approximate surface area is 207 Å². The van der Waals surface area contributed by atoms with Crippen molar-refractivity contribution in [1.82, 2.24) is 0 Å². The number of benzene rings is 3. The van der Waals surface area contributed by atoms with Gasteiger partial charge in [0.05, 0.1) is 27.4 Å². The van der Waals surface area contributed by atoms with E-state index in [0.717, 1.165) is 44.3 Å². The molecule has 4 aromatic rings. The minimum absolute atomic E-state index is 0.0747. The summed E-state index contributed by atoms with van der Waals surface area (Å²) in [6.07, 6.45) is 2.07. The largest absolute Gasteiger partial charge is 0.493 e. The van der Waals surface area contributed by atoms with Gasteiger partial charge in [-0.2, -0.15) is 0 Å². The summed E-state index contributed by atoms with van der Waals surface area (Å²) >= 11 is 0. The van der Waals surface area contributed by atoms with Crippen molar-refractivity contribution in [3.63, 3.8) is 0 Å². The number of pyridine rings is 1. The molecule has 3 aromatic carbocycles. The molecule has 0 amide bonds. The number of hydrogen-bond donors (Lipinski definition) is 2. The Morgan fingerprint density at radius 3 is 2.00 bits per heavy atom. The third kappa shape index (κ3) is 4.75. The van der Waals surface area contributed by atoms with Crippen LogP contribution in [0.3, 0.4) is 0 Å². The fourth-order valence-corrected chi connectivity index (χ4v) is 4.55. The van der Waals surface area contributed by atoms with Crippen molar-refractivity contribution in [1.29, 1.82) is 0 Å². The Kier molecular flexibility index (Phi) is 6.84. The Bertz CT molecular complexity index is 1370. The predicted molar refractivity (Wildman–Crippen MR) is 140 cm³/mol. The molecule has 0 fully saturated rings. The normalized spacial score (nSPS) is 11.7. The number of ether oxygens (including phenoxy) is 2. The Hall–Kier alpha value is -3.41. The first-order valence-electron chi connectivity index (χ1n) is 11.7. The van der Waals surface area contributed by atoms with Crippen LogP contribution in [0.5, 0.6) is 11.5 Å². The topological polar surface area (TPSA) is 62.8 Å². The van der Waals surface area contributed by atoms with Crippen LogP contribution in [-0.2, 0) is 25.7 Å². The molecule has 1 heterocycles. The van der Waals surface area contributed by atoms with Crippen LogP contribution in [0.2, 0.25) is 0 Å². The van der Waals surface area contributed by atoms with Crippen LogP contribution in [-0.4, -0.2) is 24.4 Å². The predicted octanol–water partition coefficient (Wildman–Crippen LogP) is 5.30. The monoisotopic (exact) mass is 472 g/mol. The number of rotatable bonds is 6. The van der Waals surface area contributed by atoms with Crippen molar-refractivity contribution in [3.8, 4) is 33.8 Å². The highest BCUT2D eigenvalue weighted by Gasteiger charge is 2.19. The van der Waals surface area contributed by atoms with Gasteiger partial charge >= 0.3 is 0 Å². The third-order valence-electron chi connectivity index (χ3n) is 6.59. The van der Waals surface area contributed by atoms with E-state index in [0.29, 0.717) is 11.5 Å². The summed E-state index contributed by atoms with van der Waals surface area (Å²) < 4.78 is 13.5. The summed E-state index contributed by atoms with van der Waals surface area (Å²) in [4.78, 5) is 0. The van der Waals surface area contributed by atoms with Crippen LogP contribution in [0.15, 0.2) is 60.8 Å². The highest BCUT2D eigenvalue weighted by Crippen LogP contribution is 2.42. The Morgan fingerprint density at radius 2 is 1.43 bits per heavy atom. The van der Waals surface area contributed by atoms with Gasteiger partial charge in [0, 0.05) is 22.6 Å². The second-order valence-corrected chi connectivity index (χ2v) is 9.92. The number of aliphatic hydroxyl groups excluding tert-OH is 2. The maximum absolute atomic E-state index is 9.77. The van der Waals surface area contributed by atoms with Crippen LogP contribution >= 0.6 is 0 Å². The lowest BCUT2D eigenvalue weighted by molar-refractivity contribution is -0.644. The third-order valence-corrected chi connectivity index (χ3v) is 6.59. The fraction of sp³-hybridized carbons (Fsp3) is 0.300. The summed E-state index contributed by atoms with van der Waals surface area (Å²) in [6.45, 7) is 6.39. The van der Waals surface area contributed by atoms with E-state index in [1.807, 2.05) is 29.8 Å². The number of aliphatic hydroxyl groups is 2. The van der Waals surface area contributed by atoms with Gasteiger partial charge in [0.2, 0.25) is 5.52 Å². The molecule has 1 aromatic heterocycles. The van der Waals surface area contributed by atoms with Gasteiger partial charge in [0.25, 0.3) is 0 Å². The van der Waals surface area contributed by atoms with Crippen molar-refractivity contribution in [3.05, 3.63) is 77.5 Å². The van der Waals surface area contributed by atoms with Crippen LogP contribution in [0.1, 0.15) is 37.5 Å². The lowest BCUT2D eigenvalue weighted by Gasteiger charge is -2.20. The molecule has 0 aliphatic carbocycles. The highest BCUT2D eigenvalue weighted by atomic mass is 16.5. The first kappa shape index (κ1) is 24.7. The summed E-state index contributed by atoms with van der Waals surface area (Å²) in [6, 6.07) is 18.7. The van der Waals surface area contributed by atoms with Gasteiger partial charge < -0.3 is 19.7 Å². The molecular formula is C30H34NO4+. The number of methoxy groups -OCH3 is 2. The first-order valence-corrected chi connectivity index (χ1v) is 11.7. The Balaban J connectivity index is 1.91. The zero-order valence-corrected chi connectivity index (χ0v) is 21.3. The second kappa shape index (κ2) is 9.68. The number of aryl methyl sites for hydroxylation is 1. The molecule has 0 aliphatic heterocycles. The number of nitrogens with zero attached hydrogens (tertiary/aromatic N) is 1. The maximum atomic E-state index is 9.77. The molecule has 2 N–H and O–H groups in total. The van der Waals surface area contributed by atoms with E-state index in [1.54, 1.807) is 14.2 Å². The van der Waals surface area contributed by atoms with Crippen LogP contribution in [0, 0.1) is 0 Å². The van der Waals surface area contributed by atoms with Gasteiger partial charge in [-0.1, -0.05) is 45.0 Å². The zero-order chi connectivity index (χ0) is 25.3. The number of hydrogen-bond acceptors (Lipinski definition) is 4. The summed E-state index contributed by atoms with van der Waals surface area (Å²) in [7, 11) is 5.30. The summed E-state index contributed by atoms with van der Waals surface area (Å²) in [5.74, 6) is 1.36. The lowest BCUT2D eigenvalue weighted by Crippen LogP contribution is -2.29. The number of fused-ring (bicyclic) bond motifs is 1. The Morgan fingerprint density at radius 1 is 0.771 bits per heavy atom. The molecule has 0 unspecified atom stereocenters. The minimum atomic E-state index is -0.120. The van der Waals surface area contributed by atoms with E-state index in [2.05, 4.69) is 63.4 Å². The molecule has 5 heteroatoms. The molecule has 0 spiro atoms. The smallest absolute Gasteiger partial charge is 0.212 e. The van der Waals surface area contributed by atoms with Gasteiger partial charge in [-0.25, -0.2) is 4.57 Å². The average molecular weight is 473 g/mol. The molecule has 0 bridgehead atoms. The van der Waals surface area contributed by atoms with E-state index in [1.165, 1.54) is 5.56 Å². The van der Waals surface area contributed by atoms with Gasteiger partial charge in [0.15, 0.2) is 17.7 Å². The van der Waals surface area contributed by atoms with Crippen LogP contribution in [0.25, 0.3) is 33.2 Å². The fourth-order valence-electron chi connectivity index (χ4n) is 4.55. The molecule has 4 rings (SSSR count).